The van der Waals surface area contributed by atoms with Gasteiger partial charge in [0.25, 0.3) is 0 Å². The van der Waals surface area contributed by atoms with Gasteiger partial charge in [0.1, 0.15) is 0 Å². The molecule has 78 valence electrons. The maximum absolute atomic E-state index is 11.1. The molecule has 15 heavy (non-hydrogen) atoms. The largest absolute Gasteiger partial charge is 0.490 e. The number of fused-ring (bicyclic) bond motifs is 1. The van der Waals surface area contributed by atoms with Gasteiger partial charge in [0, 0.05) is 17.4 Å². The van der Waals surface area contributed by atoms with Crippen molar-refractivity contribution >= 4 is 22.6 Å². The molecular formula is C9H7NO4S. The second-order valence-electron chi connectivity index (χ2n) is 3.04. The van der Waals surface area contributed by atoms with Crippen LogP contribution in [0.1, 0.15) is 5.56 Å². The highest BCUT2D eigenvalue weighted by Crippen LogP contribution is 2.40. The zero-order valence-corrected chi connectivity index (χ0v) is 8.67. The van der Waals surface area contributed by atoms with Crippen molar-refractivity contribution in [2.24, 2.45) is 0 Å². The molecule has 0 atom stereocenters. The smallest absolute Gasteiger partial charge is 0.312 e. The first kappa shape index (κ1) is 9.97. The summed E-state index contributed by atoms with van der Waals surface area (Å²) in [4.78, 5) is 22.0. The molecule has 0 saturated carbocycles. The summed E-state index contributed by atoms with van der Waals surface area (Å²) in [6.07, 6.45) is 0.314. The molecule has 0 radical (unpaired) electrons. The minimum atomic E-state index is -0.511. The highest BCUT2D eigenvalue weighted by molar-refractivity contribution is 8.14. The second kappa shape index (κ2) is 3.54. The molecule has 0 aliphatic carbocycles. The van der Waals surface area contributed by atoms with Gasteiger partial charge in [-0.05, 0) is 11.6 Å². The van der Waals surface area contributed by atoms with Gasteiger partial charge < -0.3 is 4.74 Å². The van der Waals surface area contributed by atoms with Gasteiger partial charge >= 0.3 is 5.69 Å². The van der Waals surface area contributed by atoms with Crippen LogP contribution in [-0.4, -0.2) is 17.1 Å². The first-order chi connectivity index (χ1) is 7.11. The average molecular weight is 225 g/mol. The number of carbonyl (C=O) groups excluding carboxylic acids is 1. The maximum Gasteiger partial charge on any atom is 0.312 e. The zero-order valence-electron chi connectivity index (χ0n) is 7.85. The number of thioether (sulfide) groups is 1. The first-order valence-electron chi connectivity index (χ1n) is 4.18. The van der Waals surface area contributed by atoms with Gasteiger partial charge in [0.05, 0.1) is 12.0 Å². The lowest BCUT2D eigenvalue weighted by atomic mass is 10.1. The molecule has 5 nitrogen and oxygen atoms in total. The summed E-state index contributed by atoms with van der Waals surface area (Å²) in [5, 5.41) is 10.7. The van der Waals surface area contributed by atoms with E-state index in [1.807, 2.05) is 0 Å². The average Bonchev–Trinajstić information content (AvgIpc) is 2.54. The summed E-state index contributed by atoms with van der Waals surface area (Å²) in [6.45, 7) is 0. The summed E-state index contributed by atoms with van der Waals surface area (Å²) in [6, 6.07) is 2.95. The lowest BCUT2D eigenvalue weighted by molar-refractivity contribution is -0.386. The van der Waals surface area contributed by atoms with E-state index in [0.717, 1.165) is 17.3 Å². The molecule has 0 unspecified atom stereocenters. The summed E-state index contributed by atoms with van der Waals surface area (Å²) in [5.74, 6) is 0.203. The standard InChI is InChI=1S/C9H7NO4S/c1-14-7-2-5-3-9(11)15-8(5)4-6(7)10(12)13/h2,4H,3H2,1H3. The number of hydrogen-bond donors (Lipinski definition) is 0. The van der Waals surface area contributed by atoms with E-state index in [-0.39, 0.29) is 16.6 Å². The van der Waals surface area contributed by atoms with Crippen molar-refractivity contribution < 1.29 is 14.5 Å². The van der Waals surface area contributed by atoms with E-state index < -0.39 is 4.92 Å². The van der Waals surface area contributed by atoms with Gasteiger partial charge in [-0.2, -0.15) is 0 Å². The van der Waals surface area contributed by atoms with Crippen molar-refractivity contribution in [3.63, 3.8) is 0 Å². The SMILES string of the molecule is COc1cc2c(cc1[N+](=O)[O-])SC(=O)C2. The maximum atomic E-state index is 11.1. The van der Waals surface area contributed by atoms with Crippen LogP contribution in [0.4, 0.5) is 5.69 Å². The quantitative estimate of drug-likeness (QED) is 0.566. The Hall–Kier alpha value is -1.56. The number of ether oxygens (including phenoxy) is 1. The van der Waals surface area contributed by atoms with Gasteiger partial charge in [-0.25, -0.2) is 0 Å². The zero-order chi connectivity index (χ0) is 11.0. The van der Waals surface area contributed by atoms with Crippen LogP contribution in [0.3, 0.4) is 0 Å². The van der Waals surface area contributed by atoms with Crippen LogP contribution >= 0.6 is 11.8 Å². The minimum absolute atomic E-state index is 0.00699. The van der Waals surface area contributed by atoms with E-state index in [1.165, 1.54) is 13.2 Å². The Morgan fingerprint density at radius 1 is 1.53 bits per heavy atom. The Balaban J connectivity index is 2.55. The molecule has 0 aromatic heterocycles. The van der Waals surface area contributed by atoms with E-state index in [9.17, 15) is 14.9 Å². The van der Waals surface area contributed by atoms with Crippen LogP contribution in [0, 0.1) is 10.1 Å². The van der Waals surface area contributed by atoms with Crippen LogP contribution in [0.15, 0.2) is 17.0 Å². The Morgan fingerprint density at radius 2 is 2.27 bits per heavy atom. The molecule has 0 spiro atoms. The molecule has 1 aromatic carbocycles. The fraction of sp³-hybridized carbons (Fsp3) is 0.222. The number of methoxy groups -OCH3 is 1. The predicted octanol–water partition coefficient (Wildman–Crippen LogP) is 1.78. The van der Waals surface area contributed by atoms with E-state index in [4.69, 9.17) is 4.74 Å². The minimum Gasteiger partial charge on any atom is -0.490 e. The van der Waals surface area contributed by atoms with Crippen molar-refractivity contribution in [3.8, 4) is 5.75 Å². The van der Waals surface area contributed by atoms with Crippen LogP contribution in [0.25, 0.3) is 0 Å². The topological polar surface area (TPSA) is 69.4 Å². The van der Waals surface area contributed by atoms with Gasteiger partial charge in [-0.3, -0.25) is 14.9 Å². The number of rotatable bonds is 2. The molecule has 0 amide bonds. The Labute approximate surface area is 89.6 Å². The third-order valence-corrected chi connectivity index (χ3v) is 3.09. The molecule has 6 heteroatoms. The molecule has 0 N–H and O–H groups in total. The molecule has 1 aliphatic heterocycles. The molecule has 1 aromatic rings. The molecule has 0 saturated heterocycles. The van der Waals surface area contributed by atoms with E-state index in [0.29, 0.717) is 11.3 Å². The first-order valence-corrected chi connectivity index (χ1v) is 4.99. The monoisotopic (exact) mass is 225 g/mol. The van der Waals surface area contributed by atoms with Crippen molar-refractivity contribution in [1.82, 2.24) is 0 Å². The molecular weight excluding hydrogens is 218 g/mol. The summed E-state index contributed by atoms with van der Waals surface area (Å²) in [5.41, 5.74) is 0.700. The lowest BCUT2D eigenvalue weighted by Crippen LogP contribution is -1.95. The second-order valence-corrected chi connectivity index (χ2v) is 4.14. The Bertz CT molecular complexity index is 458. The number of nitrogens with zero attached hydrogens (tertiary/aromatic N) is 1. The fourth-order valence-corrected chi connectivity index (χ4v) is 2.35. The number of hydrogen-bond acceptors (Lipinski definition) is 5. The van der Waals surface area contributed by atoms with Crippen molar-refractivity contribution in [3.05, 3.63) is 27.8 Å². The van der Waals surface area contributed by atoms with Crippen molar-refractivity contribution in [1.29, 1.82) is 0 Å². The number of carbonyl (C=O) groups is 1. The lowest BCUT2D eigenvalue weighted by Gasteiger charge is -2.03. The molecule has 0 bridgehead atoms. The highest BCUT2D eigenvalue weighted by atomic mass is 32.2. The normalized spacial score (nSPS) is 13.8. The van der Waals surface area contributed by atoms with Gasteiger partial charge in [0.2, 0.25) is 0 Å². The van der Waals surface area contributed by atoms with E-state index in [1.54, 1.807) is 6.07 Å². The summed E-state index contributed by atoms with van der Waals surface area (Å²) in [7, 11) is 1.37. The molecule has 1 heterocycles. The van der Waals surface area contributed by atoms with Crippen molar-refractivity contribution in [2.75, 3.05) is 7.11 Å². The molecule has 2 rings (SSSR count). The van der Waals surface area contributed by atoms with Crippen LogP contribution in [0.2, 0.25) is 0 Å². The van der Waals surface area contributed by atoms with Crippen LogP contribution in [0.5, 0.6) is 5.75 Å². The number of nitro benzene ring substituents is 1. The highest BCUT2D eigenvalue weighted by Gasteiger charge is 2.25. The van der Waals surface area contributed by atoms with Crippen LogP contribution < -0.4 is 4.74 Å². The Morgan fingerprint density at radius 3 is 2.87 bits per heavy atom. The number of benzene rings is 1. The van der Waals surface area contributed by atoms with Gasteiger partial charge in [0.15, 0.2) is 10.9 Å². The van der Waals surface area contributed by atoms with Gasteiger partial charge in [-0.15, -0.1) is 0 Å². The number of nitro groups is 1. The fourth-order valence-electron chi connectivity index (χ4n) is 1.44. The molecule has 0 fully saturated rings. The van der Waals surface area contributed by atoms with Gasteiger partial charge in [-0.1, -0.05) is 11.8 Å². The predicted molar refractivity (Wildman–Crippen MR) is 54.2 cm³/mol. The van der Waals surface area contributed by atoms with E-state index >= 15 is 0 Å². The summed E-state index contributed by atoms with van der Waals surface area (Å²) < 4.78 is 4.90. The van der Waals surface area contributed by atoms with E-state index in [2.05, 4.69) is 0 Å². The summed E-state index contributed by atoms with van der Waals surface area (Å²) >= 11 is 1.04. The molecule has 1 aliphatic rings. The third kappa shape index (κ3) is 1.68. The Kier molecular flexibility index (Phi) is 2.36. The van der Waals surface area contributed by atoms with Crippen LogP contribution in [-0.2, 0) is 11.2 Å². The van der Waals surface area contributed by atoms with Crippen molar-refractivity contribution in [2.45, 2.75) is 11.3 Å². The third-order valence-electron chi connectivity index (χ3n) is 2.12.